The van der Waals surface area contributed by atoms with Crippen LogP contribution in [0.1, 0.15) is 19.3 Å². The Morgan fingerprint density at radius 2 is 2.27 bits per heavy atom. The van der Waals surface area contributed by atoms with E-state index in [-0.39, 0.29) is 5.91 Å². The number of nitrogens with one attached hydrogen (secondary N) is 2. The summed E-state index contributed by atoms with van der Waals surface area (Å²) in [7, 11) is 1.97. The fourth-order valence-corrected chi connectivity index (χ4v) is 3.33. The van der Waals surface area contributed by atoms with Gasteiger partial charge >= 0.3 is 0 Å². The molecule has 1 aliphatic heterocycles. The number of imidazole rings is 1. The molecule has 1 amide bonds. The van der Waals surface area contributed by atoms with Crippen molar-refractivity contribution in [1.82, 2.24) is 14.9 Å². The fourth-order valence-electron chi connectivity index (χ4n) is 2.53. The molecule has 1 aliphatic rings. The third-order valence-corrected chi connectivity index (χ3v) is 4.80. The molecule has 3 rings (SSSR count). The summed E-state index contributed by atoms with van der Waals surface area (Å²) < 4.78 is 1.98. The lowest BCUT2D eigenvalue weighted by molar-refractivity contribution is -0.116. The summed E-state index contributed by atoms with van der Waals surface area (Å²) in [6.07, 6.45) is 6.51. The number of carbonyl (C=O) groups is 1. The highest BCUT2D eigenvalue weighted by molar-refractivity contribution is 7.99. The molecule has 1 aromatic heterocycles. The smallest absolute Gasteiger partial charge is 0.225 e. The summed E-state index contributed by atoms with van der Waals surface area (Å²) in [6, 6.07) is 8.21. The normalized spacial score (nSPS) is 17.6. The Balaban J connectivity index is 1.54. The van der Waals surface area contributed by atoms with E-state index in [1.165, 1.54) is 0 Å². The second-order valence-electron chi connectivity index (χ2n) is 5.49. The predicted octanol–water partition coefficient (Wildman–Crippen LogP) is 2.65. The third kappa shape index (κ3) is 3.90. The molecule has 5 nitrogen and oxygen atoms in total. The van der Waals surface area contributed by atoms with Gasteiger partial charge < -0.3 is 15.2 Å². The van der Waals surface area contributed by atoms with Crippen molar-refractivity contribution in [3.8, 4) is 0 Å². The first kappa shape index (κ1) is 15.1. The Kier molecular flexibility index (Phi) is 4.80. The summed E-state index contributed by atoms with van der Waals surface area (Å²) >= 11 is 1.60. The molecule has 2 heterocycles. The van der Waals surface area contributed by atoms with E-state index in [0.29, 0.717) is 12.5 Å². The predicted molar refractivity (Wildman–Crippen MR) is 88.0 cm³/mol. The van der Waals surface area contributed by atoms with Gasteiger partial charge in [0.1, 0.15) is 0 Å². The molecule has 0 saturated carbocycles. The van der Waals surface area contributed by atoms with Crippen LogP contribution in [0.4, 0.5) is 5.69 Å². The van der Waals surface area contributed by atoms with Crippen LogP contribution >= 0.6 is 11.8 Å². The lowest BCUT2D eigenvalue weighted by Crippen LogP contribution is -2.27. The zero-order valence-corrected chi connectivity index (χ0v) is 13.4. The molecule has 1 unspecified atom stereocenters. The van der Waals surface area contributed by atoms with Crippen LogP contribution in [0.25, 0.3) is 0 Å². The summed E-state index contributed by atoms with van der Waals surface area (Å²) in [6.45, 7) is 1.02. The van der Waals surface area contributed by atoms with Gasteiger partial charge in [-0.05, 0) is 43.7 Å². The van der Waals surface area contributed by atoms with E-state index in [2.05, 4.69) is 15.6 Å². The van der Waals surface area contributed by atoms with Gasteiger partial charge in [-0.15, -0.1) is 0 Å². The van der Waals surface area contributed by atoms with E-state index in [9.17, 15) is 4.79 Å². The van der Waals surface area contributed by atoms with Crippen molar-refractivity contribution >= 4 is 23.4 Å². The van der Waals surface area contributed by atoms with Crippen molar-refractivity contribution < 1.29 is 4.79 Å². The van der Waals surface area contributed by atoms with Gasteiger partial charge in [-0.25, -0.2) is 4.98 Å². The molecule has 1 aromatic carbocycles. The van der Waals surface area contributed by atoms with Crippen molar-refractivity contribution in [1.29, 1.82) is 0 Å². The molecule has 1 saturated heterocycles. The molecule has 0 aliphatic carbocycles. The molecular formula is C16H20N4OS. The maximum Gasteiger partial charge on any atom is 0.225 e. The van der Waals surface area contributed by atoms with Gasteiger partial charge in [0.25, 0.3) is 0 Å². The molecule has 0 bridgehead atoms. The number of aromatic nitrogens is 2. The van der Waals surface area contributed by atoms with E-state index in [1.54, 1.807) is 18.0 Å². The Labute approximate surface area is 134 Å². The molecule has 0 radical (unpaired) electrons. The molecule has 1 atom stereocenters. The first-order chi connectivity index (χ1) is 10.7. The average Bonchev–Trinajstić information content (AvgIpc) is 3.14. The van der Waals surface area contributed by atoms with Crippen LogP contribution in [0.2, 0.25) is 0 Å². The van der Waals surface area contributed by atoms with E-state index < -0.39 is 0 Å². The molecule has 0 spiro atoms. The monoisotopic (exact) mass is 316 g/mol. The van der Waals surface area contributed by atoms with Gasteiger partial charge in [0, 0.05) is 42.5 Å². The minimum Gasteiger partial charge on any atom is -0.329 e. The lowest BCUT2D eigenvalue weighted by Gasteiger charge is -2.10. The summed E-state index contributed by atoms with van der Waals surface area (Å²) in [4.78, 5) is 17.4. The number of carbonyl (C=O) groups excluding carboxylic acids is 1. The molecule has 2 N–H and O–H groups in total. The number of hydrogen-bond acceptors (Lipinski definition) is 4. The first-order valence-electron chi connectivity index (χ1n) is 7.49. The van der Waals surface area contributed by atoms with Crippen LogP contribution in [0.3, 0.4) is 0 Å². The maximum absolute atomic E-state index is 12.0. The van der Waals surface area contributed by atoms with Crippen molar-refractivity contribution in [2.75, 3.05) is 11.9 Å². The second kappa shape index (κ2) is 6.98. The second-order valence-corrected chi connectivity index (χ2v) is 6.53. The van der Waals surface area contributed by atoms with Gasteiger partial charge in [0.15, 0.2) is 5.16 Å². The number of hydrogen-bond donors (Lipinski definition) is 2. The molecule has 1 fully saturated rings. The van der Waals surface area contributed by atoms with Gasteiger partial charge in [-0.3, -0.25) is 4.79 Å². The lowest BCUT2D eigenvalue weighted by atomic mass is 10.1. The van der Waals surface area contributed by atoms with Gasteiger partial charge in [-0.1, -0.05) is 11.8 Å². The van der Waals surface area contributed by atoms with Crippen LogP contribution in [0.5, 0.6) is 0 Å². The van der Waals surface area contributed by atoms with Crippen LogP contribution in [-0.2, 0) is 11.8 Å². The zero-order chi connectivity index (χ0) is 15.4. The minimum absolute atomic E-state index is 0.0731. The number of nitrogens with zero attached hydrogens (tertiary/aromatic N) is 2. The van der Waals surface area contributed by atoms with Crippen molar-refractivity contribution in [3.05, 3.63) is 36.7 Å². The highest BCUT2D eigenvalue weighted by Crippen LogP contribution is 2.26. The Hall–Kier alpha value is -1.79. The number of benzene rings is 1. The first-order valence-corrected chi connectivity index (χ1v) is 8.31. The van der Waals surface area contributed by atoms with Crippen LogP contribution in [0, 0.1) is 0 Å². The van der Waals surface area contributed by atoms with Crippen LogP contribution in [0.15, 0.2) is 46.7 Å². The topological polar surface area (TPSA) is 59.0 Å². The van der Waals surface area contributed by atoms with E-state index >= 15 is 0 Å². The highest BCUT2D eigenvalue weighted by Gasteiger charge is 2.17. The molecule has 116 valence electrons. The number of aryl methyl sites for hydroxylation is 1. The van der Waals surface area contributed by atoms with Crippen molar-refractivity contribution in [3.63, 3.8) is 0 Å². The number of amides is 1. The minimum atomic E-state index is 0.0731. The van der Waals surface area contributed by atoms with Crippen LogP contribution in [-0.4, -0.2) is 28.0 Å². The Bertz CT molecular complexity index is 632. The van der Waals surface area contributed by atoms with E-state index in [0.717, 1.165) is 35.1 Å². The quantitative estimate of drug-likeness (QED) is 0.890. The largest absolute Gasteiger partial charge is 0.329 e. The molecule has 2 aromatic rings. The fraction of sp³-hybridized carbons (Fsp3) is 0.375. The van der Waals surface area contributed by atoms with Gasteiger partial charge in [-0.2, -0.15) is 0 Å². The summed E-state index contributed by atoms with van der Waals surface area (Å²) in [5.74, 6) is 0.0731. The SMILES string of the molecule is Cn1ccnc1Sc1ccc(NC(=O)CC2CCCN2)cc1. The summed E-state index contributed by atoms with van der Waals surface area (Å²) in [5, 5.41) is 7.24. The zero-order valence-electron chi connectivity index (χ0n) is 12.6. The number of anilines is 1. The maximum atomic E-state index is 12.0. The van der Waals surface area contributed by atoms with Gasteiger partial charge in [0.2, 0.25) is 5.91 Å². The molecule has 22 heavy (non-hydrogen) atoms. The average molecular weight is 316 g/mol. The third-order valence-electron chi connectivity index (χ3n) is 3.72. The number of rotatable bonds is 5. The summed E-state index contributed by atoms with van der Waals surface area (Å²) in [5.41, 5.74) is 0.840. The van der Waals surface area contributed by atoms with Crippen LogP contribution < -0.4 is 10.6 Å². The van der Waals surface area contributed by atoms with Crippen molar-refractivity contribution in [2.24, 2.45) is 7.05 Å². The highest BCUT2D eigenvalue weighted by atomic mass is 32.2. The molecular weight excluding hydrogens is 296 g/mol. The van der Waals surface area contributed by atoms with E-state index in [1.807, 2.05) is 42.1 Å². The Morgan fingerprint density at radius 3 is 2.91 bits per heavy atom. The van der Waals surface area contributed by atoms with E-state index in [4.69, 9.17) is 0 Å². The van der Waals surface area contributed by atoms with Crippen molar-refractivity contribution in [2.45, 2.75) is 35.4 Å². The Morgan fingerprint density at radius 1 is 1.45 bits per heavy atom. The van der Waals surface area contributed by atoms with Gasteiger partial charge in [0.05, 0.1) is 0 Å². The molecule has 6 heteroatoms. The standard InChI is InChI=1S/C16H20N4OS/c1-20-10-9-18-16(20)22-14-6-4-12(5-7-14)19-15(21)11-13-3-2-8-17-13/h4-7,9-10,13,17H,2-3,8,11H2,1H3,(H,19,21).